The average molecular weight is 205 g/mol. The van der Waals surface area contributed by atoms with E-state index in [0.29, 0.717) is 0 Å². The lowest BCUT2D eigenvalue weighted by Crippen LogP contribution is -2.09. The predicted octanol–water partition coefficient (Wildman–Crippen LogP) is 0.351. The summed E-state index contributed by atoms with van der Waals surface area (Å²) >= 11 is 5.44. The number of nitrogens with zero attached hydrogens (tertiary/aromatic N) is 2. The van der Waals surface area contributed by atoms with E-state index in [9.17, 15) is 4.79 Å². The van der Waals surface area contributed by atoms with Crippen LogP contribution in [-0.2, 0) is 0 Å². The van der Waals surface area contributed by atoms with Crippen molar-refractivity contribution in [2.24, 2.45) is 0 Å². The quantitative estimate of drug-likeness (QED) is 0.564. The topological polar surface area (TPSA) is 124 Å². The molecule has 0 bridgehead atoms. The van der Waals surface area contributed by atoms with Crippen molar-refractivity contribution in [2.75, 3.05) is 11.5 Å². The van der Waals surface area contributed by atoms with Crippen molar-refractivity contribution in [2.45, 2.75) is 0 Å². The first-order valence-corrected chi connectivity index (χ1v) is 3.37. The summed E-state index contributed by atoms with van der Waals surface area (Å²) in [7, 11) is 0. The molecule has 0 radical (unpaired) electrons. The second-order valence-electron chi connectivity index (χ2n) is 1.96. The largest absolute Gasteiger partial charge is 0.512 e. The SMILES string of the molecule is Nc1nc(N)c(OC(=O)O)nc1Cl. The van der Waals surface area contributed by atoms with Gasteiger partial charge in [-0.25, -0.2) is 9.78 Å². The summed E-state index contributed by atoms with van der Waals surface area (Å²) in [6.45, 7) is 0. The van der Waals surface area contributed by atoms with Gasteiger partial charge in [0.05, 0.1) is 0 Å². The average Bonchev–Trinajstić information content (AvgIpc) is 1.99. The monoisotopic (exact) mass is 204 g/mol. The molecule has 70 valence electrons. The standard InChI is InChI=1S/C5H5ClN4O3/c6-1-2(7)10-3(8)4(9-1)13-5(11)12/h(H,11,12)(H4,7,8,10). The molecule has 5 N–H and O–H groups in total. The molecule has 0 saturated carbocycles. The van der Waals surface area contributed by atoms with Gasteiger partial charge in [0, 0.05) is 0 Å². The summed E-state index contributed by atoms with van der Waals surface area (Å²) in [6.07, 6.45) is -1.55. The van der Waals surface area contributed by atoms with Gasteiger partial charge in [-0.15, -0.1) is 0 Å². The molecule has 1 aromatic rings. The Morgan fingerprint density at radius 2 is 2.00 bits per heavy atom. The Morgan fingerprint density at radius 1 is 1.38 bits per heavy atom. The van der Waals surface area contributed by atoms with Crippen LogP contribution in [0.4, 0.5) is 16.4 Å². The zero-order valence-electron chi connectivity index (χ0n) is 6.19. The lowest BCUT2D eigenvalue weighted by Gasteiger charge is -2.03. The van der Waals surface area contributed by atoms with Crippen LogP contribution >= 0.6 is 11.6 Å². The molecule has 0 aliphatic heterocycles. The summed E-state index contributed by atoms with van der Waals surface area (Å²) in [5.41, 5.74) is 10.5. The lowest BCUT2D eigenvalue weighted by atomic mass is 10.6. The minimum Gasteiger partial charge on any atom is -0.449 e. The van der Waals surface area contributed by atoms with Crippen molar-refractivity contribution in [3.8, 4) is 5.88 Å². The van der Waals surface area contributed by atoms with Gasteiger partial charge in [-0.1, -0.05) is 11.6 Å². The fourth-order valence-electron chi connectivity index (χ4n) is 0.585. The number of anilines is 2. The molecule has 1 rings (SSSR count). The van der Waals surface area contributed by atoms with Crippen LogP contribution in [0.2, 0.25) is 5.15 Å². The number of halogens is 1. The highest BCUT2D eigenvalue weighted by atomic mass is 35.5. The van der Waals surface area contributed by atoms with Crippen LogP contribution in [0.15, 0.2) is 0 Å². The van der Waals surface area contributed by atoms with Crippen LogP contribution in [0.5, 0.6) is 5.88 Å². The third kappa shape index (κ3) is 2.09. The molecular formula is C5H5ClN4O3. The maximum absolute atomic E-state index is 10.1. The zero-order chi connectivity index (χ0) is 10.0. The molecular weight excluding hydrogens is 200 g/mol. The summed E-state index contributed by atoms with van der Waals surface area (Å²) in [5, 5.41) is 8.07. The van der Waals surface area contributed by atoms with Gasteiger partial charge in [-0.05, 0) is 0 Å². The molecule has 0 aliphatic rings. The zero-order valence-corrected chi connectivity index (χ0v) is 6.95. The van der Waals surface area contributed by atoms with E-state index in [2.05, 4.69) is 14.7 Å². The van der Waals surface area contributed by atoms with Gasteiger partial charge in [0.25, 0.3) is 5.88 Å². The van der Waals surface area contributed by atoms with Crippen molar-refractivity contribution >= 4 is 29.4 Å². The van der Waals surface area contributed by atoms with E-state index in [1.54, 1.807) is 0 Å². The van der Waals surface area contributed by atoms with Gasteiger partial charge in [-0.3, -0.25) is 0 Å². The highest BCUT2D eigenvalue weighted by Gasteiger charge is 2.11. The summed E-state index contributed by atoms with van der Waals surface area (Å²) in [5.74, 6) is -0.701. The van der Waals surface area contributed by atoms with Crippen molar-refractivity contribution in [1.29, 1.82) is 0 Å². The Hall–Kier alpha value is -1.76. The summed E-state index contributed by atoms with van der Waals surface area (Å²) in [6, 6.07) is 0. The van der Waals surface area contributed by atoms with Gasteiger partial charge in [0.2, 0.25) is 0 Å². The van der Waals surface area contributed by atoms with Crippen LogP contribution in [0.3, 0.4) is 0 Å². The van der Waals surface area contributed by atoms with Crippen molar-refractivity contribution < 1.29 is 14.6 Å². The molecule has 0 spiro atoms. The Morgan fingerprint density at radius 3 is 2.54 bits per heavy atom. The number of rotatable bonds is 1. The second kappa shape index (κ2) is 3.31. The summed E-state index contributed by atoms with van der Waals surface area (Å²) in [4.78, 5) is 17.1. The molecule has 0 aromatic carbocycles. The van der Waals surface area contributed by atoms with E-state index in [-0.39, 0.29) is 22.7 Å². The number of aromatic nitrogens is 2. The van der Waals surface area contributed by atoms with E-state index in [4.69, 9.17) is 28.2 Å². The third-order valence-corrected chi connectivity index (χ3v) is 1.33. The highest BCUT2D eigenvalue weighted by molar-refractivity contribution is 6.31. The molecule has 1 heterocycles. The number of nitrogen functional groups attached to an aromatic ring is 2. The smallest absolute Gasteiger partial charge is 0.449 e. The Balaban J connectivity index is 3.08. The maximum Gasteiger partial charge on any atom is 0.512 e. The van der Waals surface area contributed by atoms with E-state index in [0.717, 1.165) is 0 Å². The summed E-state index contributed by atoms with van der Waals surface area (Å²) < 4.78 is 4.16. The van der Waals surface area contributed by atoms with Gasteiger partial charge >= 0.3 is 6.16 Å². The van der Waals surface area contributed by atoms with E-state index in [1.165, 1.54) is 0 Å². The van der Waals surface area contributed by atoms with Crippen LogP contribution in [0.25, 0.3) is 0 Å². The molecule has 0 saturated heterocycles. The molecule has 8 heteroatoms. The van der Waals surface area contributed by atoms with Gasteiger partial charge in [0.15, 0.2) is 16.8 Å². The fraction of sp³-hybridized carbons (Fsp3) is 0. The minimum absolute atomic E-state index is 0.0862. The Kier molecular flexibility index (Phi) is 2.38. The molecule has 13 heavy (non-hydrogen) atoms. The minimum atomic E-state index is -1.55. The van der Waals surface area contributed by atoms with Crippen LogP contribution in [0, 0.1) is 0 Å². The Bertz CT molecular complexity index is 356. The molecule has 0 unspecified atom stereocenters. The number of nitrogens with two attached hydrogens (primary N) is 2. The van der Waals surface area contributed by atoms with Gasteiger partial charge in [0.1, 0.15) is 0 Å². The van der Waals surface area contributed by atoms with Gasteiger partial charge < -0.3 is 21.3 Å². The first-order valence-electron chi connectivity index (χ1n) is 3.00. The highest BCUT2D eigenvalue weighted by Crippen LogP contribution is 2.22. The number of carboxylic acid groups (broad SMARTS) is 1. The number of carbonyl (C=O) groups is 1. The Labute approximate surface area is 77.3 Å². The molecule has 0 amide bonds. The van der Waals surface area contributed by atoms with E-state index >= 15 is 0 Å². The van der Waals surface area contributed by atoms with Crippen molar-refractivity contribution in [3.63, 3.8) is 0 Å². The van der Waals surface area contributed by atoms with Crippen LogP contribution < -0.4 is 16.2 Å². The van der Waals surface area contributed by atoms with Crippen molar-refractivity contribution in [3.05, 3.63) is 5.15 Å². The lowest BCUT2D eigenvalue weighted by molar-refractivity contribution is 0.142. The van der Waals surface area contributed by atoms with E-state index in [1.807, 2.05) is 0 Å². The van der Waals surface area contributed by atoms with Crippen LogP contribution in [0.1, 0.15) is 0 Å². The molecule has 1 aromatic heterocycles. The predicted molar refractivity (Wildman–Crippen MR) is 44.5 cm³/mol. The molecule has 0 fully saturated rings. The maximum atomic E-state index is 10.1. The molecule has 0 aliphatic carbocycles. The number of hydrogen-bond donors (Lipinski definition) is 3. The van der Waals surface area contributed by atoms with E-state index < -0.39 is 6.16 Å². The number of hydrogen-bond acceptors (Lipinski definition) is 6. The number of ether oxygens (including phenoxy) is 1. The molecule has 0 atom stereocenters. The molecule has 7 nitrogen and oxygen atoms in total. The van der Waals surface area contributed by atoms with Gasteiger partial charge in [-0.2, -0.15) is 4.98 Å². The normalized spacial score (nSPS) is 9.62. The fourth-order valence-corrected chi connectivity index (χ4v) is 0.704. The van der Waals surface area contributed by atoms with Crippen molar-refractivity contribution in [1.82, 2.24) is 9.97 Å². The third-order valence-electron chi connectivity index (χ3n) is 1.06. The second-order valence-corrected chi connectivity index (χ2v) is 2.32. The first-order chi connectivity index (χ1) is 6.00. The first kappa shape index (κ1) is 9.33. The van der Waals surface area contributed by atoms with Crippen LogP contribution in [-0.4, -0.2) is 21.2 Å².